The predicted molar refractivity (Wildman–Crippen MR) is 64.8 cm³/mol. The van der Waals surface area contributed by atoms with Gasteiger partial charge in [-0.15, -0.1) is 12.4 Å². The first kappa shape index (κ1) is 11.6. The van der Waals surface area contributed by atoms with Crippen LogP contribution in [-0.2, 0) is 0 Å². The van der Waals surface area contributed by atoms with Crippen LogP contribution in [0, 0.1) is 5.92 Å². The SMILES string of the molecule is COc1cccc2c1[C@@H]1CNC[C@@H]1CO2.Cl. The molecule has 3 rings (SSSR count). The average molecular weight is 242 g/mol. The highest BCUT2D eigenvalue weighted by molar-refractivity contribution is 5.85. The van der Waals surface area contributed by atoms with Gasteiger partial charge in [-0.05, 0) is 12.1 Å². The number of rotatable bonds is 1. The first-order chi connectivity index (χ1) is 7.40. The number of nitrogens with one attached hydrogen (secondary N) is 1. The van der Waals surface area contributed by atoms with Gasteiger partial charge in [0.1, 0.15) is 11.5 Å². The molecule has 2 heterocycles. The smallest absolute Gasteiger partial charge is 0.126 e. The van der Waals surface area contributed by atoms with Gasteiger partial charge in [-0.25, -0.2) is 0 Å². The normalized spacial score (nSPS) is 26.1. The van der Waals surface area contributed by atoms with Crippen molar-refractivity contribution >= 4 is 12.4 Å². The van der Waals surface area contributed by atoms with Crippen LogP contribution in [0.1, 0.15) is 11.5 Å². The Morgan fingerprint density at radius 2 is 2.25 bits per heavy atom. The van der Waals surface area contributed by atoms with Crippen LogP contribution in [-0.4, -0.2) is 26.8 Å². The van der Waals surface area contributed by atoms with E-state index in [0.717, 1.165) is 31.2 Å². The molecule has 1 aromatic rings. The van der Waals surface area contributed by atoms with E-state index in [0.29, 0.717) is 11.8 Å². The summed E-state index contributed by atoms with van der Waals surface area (Å²) in [5.41, 5.74) is 1.25. The number of halogens is 1. The van der Waals surface area contributed by atoms with Crippen molar-refractivity contribution in [3.05, 3.63) is 23.8 Å². The van der Waals surface area contributed by atoms with E-state index in [1.165, 1.54) is 5.56 Å². The summed E-state index contributed by atoms with van der Waals surface area (Å²) >= 11 is 0. The molecular weight excluding hydrogens is 226 g/mol. The Balaban J connectivity index is 0.000000963. The van der Waals surface area contributed by atoms with E-state index in [-0.39, 0.29) is 12.4 Å². The van der Waals surface area contributed by atoms with Crippen molar-refractivity contribution < 1.29 is 9.47 Å². The van der Waals surface area contributed by atoms with Crippen molar-refractivity contribution in [2.24, 2.45) is 5.92 Å². The summed E-state index contributed by atoms with van der Waals surface area (Å²) in [5, 5.41) is 3.42. The molecule has 1 N–H and O–H groups in total. The Morgan fingerprint density at radius 3 is 3.06 bits per heavy atom. The zero-order valence-corrected chi connectivity index (χ0v) is 10.0. The zero-order valence-electron chi connectivity index (χ0n) is 9.23. The molecule has 2 aliphatic rings. The van der Waals surface area contributed by atoms with Crippen molar-refractivity contribution in [3.63, 3.8) is 0 Å². The van der Waals surface area contributed by atoms with Crippen LogP contribution in [0.3, 0.4) is 0 Å². The molecule has 0 bridgehead atoms. The van der Waals surface area contributed by atoms with Gasteiger partial charge in [0.2, 0.25) is 0 Å². The molecule has 2 atom stereocenters. The summed E-state index contributed by atoms with van der Waals surface area (Å²) in [6.07, 6.45) is 0. The number of benzene rings is 1. The fourth-order valence-electron chi connectivity index (χ4n) is 2.64. The molecule has 0 unspecified atom stereocenters. The first-order valence-electron chi connectivity index (χ1n) is 5.40. The lowest BCUT2D eigenvalue weighted by molar-refractivity contribution is 0.215. The van der Waals surface area contributed by atoms with E-state index >= 15 is 0 Å². The van der Waals surface area contributed by atoms with Crippen LogP contribution < -0.4 is 14.8 Å². The zero-order chi connectivity index (χ0) is 10.3. The minimum atomic E-state index is 0. The molecule has 2 aliphatic heterocycles. The largest absolute Gasteiger partial charge is 0.496 e. The van der Waals surface area contributed by atoms with Gasteiger partial charge < -0.3 is 14.8 Å². The third-order valence-electron chi connectivity index (χ3n) is 3.41. The van der Waals surface area contributed by atoms with Crippen molar-refractivity contribution in [3.8, 4) is 11.5 Å². The minimum Gasteiger partial charge on any atom is -0.496 e. The van der Waals surface area contributed by atoms with Gasteiger partial charge in [-0.1, -0.05) is 6.07 Å². The first-order valence-corrected chi connectivity index (χ1v) is 5.40. The molecule has 1 saturated heterocycles. The van der Waals surface area contributed by atoms with Crippen LogP contribution in [0.15, 0.2) is 18.2 Å². The lowest BCUT2D eigenvalue weighted by Gasteiger charge is -2.29. The molecule has 16 heavy (non-hydrogen) atoms. The summed E-state index contributed by atoms with van der Waals surface area (Å²) in [7, 11) is 1.72. The molecule has 0 aliphatic carbocycles. The summed E-state index contributed by atoms with van der Waals surface area (Å²) in [6, 6.07) is 6.04. The van der Waals surface area contributed by atoms with E-state index in [2.05, 4.69) is 5.32 Å². The Labute approximate surface area is 102 Å². The number of hydrogen-bond donors (Lipinski definition) is 1. The average Bonchev–Trinajstić information content (AvgIpc) is 2.76. The molecule has 0 radical (unpaired) electrons. The van der Waals surface area contributed by atoms with Crippen LogP contribution in [0.25, 0.3) is 0 Å². The van der Waals surface area contributed by atoms with Gasteiger partial charge in [0, 0.05) is 30.5 Å². The quantitative estimate of drug-likeness (QED) is 0.814. The lowest BCUT2D eigenvalue weighted by Crippen LogP contribution is -2.25. The van der Waals surface area contributed by atoms with Crippen LogP contribution in [0.5, 0.6) is 11.5 Å². The maximum absolute atomic E-state index is 5.76. The maximum Gasteiger partial charge on any atom is 0.126 e. The number of hydrogen-bond acceptors (Lipinski definition) is 3. The summed E-state index contributed by atoms with van der Waals surface area (Å²) in [6.45, 7) is 2.93. The van der Waals surface area contributed by atoms with Crippen molar-refractivity contribution in [1.29, 1.82) is 0 Å². The second kappa shape index (κ2) is 4.52. The summed E-state index contributed by atoms with van der Waals surface area (Å²) < 4.78 is 11.2. The van der Waals surface area contributed by atoms with Crippen molar-refractivity contribution in [2.45, 2.75) is 5.92 Å². The van der Waals surface area contributed by atoms with E-state index in [4.69, 9.17) is 9.47 Å². The van der Waals surface area contributed by atoms with E-state index < -0.39 is 0 Å². The third kappa shape index (κ3) is 1.64. The van der Waals surface area contributed by atoms with E-state index in [1.54, 1.807) is 7.11 Å². The van der Waals surface area contributed by atoms with Crippen molar-refractivity contribution in [2.75, 3.05) is 26.8 Å². The fraction of sp³-hybridized carbons (Fsp3) is 0.500. The molecule has 3 nitrogen and oxygen atoms in total. The Bertz CT molecular complexity index is 369. The second-order valence-corrected chi connectivity index (χ2v) is 4.21. The topological polar surface area (TPSA) is 30.5 Å². The summed E-state index contributed by atoms with van der Waals surface area (Å²) in [5.74, 6) is 3.13. The minimum absolute atomic E-state index is 0. The van der Waals surface area contributed by atoms with Crippen LogP contribution >= 0.6 is 12.4 Å². The lowest BCUT2D eigenvalue weighted by atomic mass is 9.86. The second-order valence-electron chi connectivity index (χ2n) is 4.21. The van der Waals surface area contributed by atoms with Gasteiger partial charge in [-0.3, -0.25) is 0 Å². The molecule has 0 spiro atoms. The Hall–Kier alpha value is -0.930. The van der Waals surface area contributed by atoms with Gasteiger partial charge in [0.15, 0.2) is 0 Å². The van der Waals surface area contributed by atoms with Crippen LogP contribution in [0.2, 0.25) is 0 Å². The standard InChI is InChI=1S/C12H15NO2.ClH/c1-14-10-3-2-4-11-12(10)9-6-13-5-8(9)7-15-11;/h2-4,8-9,13H,5-7H2,1H3;1H/t8-,9-;/m1./s1. The Morgan fingerprint density at radius 1 is 1.38 bits per heavy atom. The van der Waals surface area contributed by atoms with Crippen molar-refractivity contribution in [1.82, 2.24) is 5.32 Å². The van der Waals surface area contributed by atoms with Gasteiger partial charge in [0.05, 0.1) is 13.7 Å². The summed E-state index contributed by atoms with van der Waals surface area (Å²) in [4.78, 5) is 0. The highest BCUT2D eigenvalue weighted by atomic mass is 35.5. The fourth-order valence-corrected chi connectivity index (χ4v) is 2.64. The highest BCUT2D eigenvalue weighted by Crippen LogP contribution is 2.43. The maximum atomic E-state index is 5.76. The number of methoxy groups -OCH3 is 1. The highest BCUT2D eigenvalue weighted by Gasteiger charge is 2.36. The molecule has 0 amide bonds. The third-order valence-corrected chi connectivity index (χ3v) is 3.41. The molecule has 0 aromatic heterocycles. The molecule has 0 saturated carbocycles. The van der Waals surface area contributed by atoms with Gasteiger partial charge in [-0.2, -0.15) is 0 Å². The number of fused-ring (bicyclic) bond motifs is 3. The predicted octanol–water partition coefficient (Wildman–Crippen LogP) is 1.81. The van der Waals surface area contributed by atoms with Gasteiger partial charge in [0.25, 0.3) is 0 Å². The number of ether oxygens (including phenoxy) is 2. The molecular formula is C12H16ClNO2. The van der Waals surface area contributed by atoms with Gasteiger partial charge >= 0.3 is 0 Å². The Kier molecular flexibility index (Phi) is 3.26. The van der Waals surface area contributed by atoms with E-state index in [9.17, 15) is 0 Å². The molecule has 88 valence electrons. The van der Waals surface area contributed by atoms with E-state index in [1.807, 2.05) is 18.2 Å². The molecule has 1 fully saturated rings. The molecule has 4 heteroatoms. The monoisotopic (exact) mass is 241 g/mol. The molecule has 1 aromatic carbocycles. The van der Waals surface area contributed by atoms with Crippen LogP contribution in [0.4, 0.5) is 0 Å².